The van der Waals surface area contributed by atoms with Gasteiger partial charge in [-0.1, -0.05) is 48.5 Å². The summed E-state index contributed by atoms with van der Waals surface area (Å²) in [5.41, 5.74) is 5.11. The van der Waals surface area contributed by atoms with Crippen LogP contribution in [0.4, 0.5) is 0 Å². The quantitative estimate of drug-likeness (QED) is 0.911. The summed E-state index contributed by atoms with van der Waals surface area (Å²) in [4.78, 5) is 0. The predicted molar refractivity (Wildman–Crippen MR) is 82.1 cm³/mol. The Bertz CT molecular complexity index is 650. The van der Waals surface area contributed by atoms with Crippen molar-refractivity contribution >= 4 is 0 Å². The summed E-state index contributed by atoms with van der Waals surface area (Å²) >= 11 is 0. The van der Waals surface area contributed by atoms with Gasteiger partial charge in [-0.05, 0) is 47.4 Å². The average Bonchev–Trinajstić information content (AvgIpc) is 2.85. The van der Waals surface area contributed by atoms with Gasteiger partial charge in [-0.2, -0.15) is 0 Å². The fourth-order valence-corrected chi connectivity index (χ4v) is 3.82. The maximum Gasteiger partial charge on any atom is 0.0831 e. The topological polar surface area (TPSA) is 29.5 Å². The molecule has 2 nitrogen and oxygen atoms in total. The van der Waals surface area contributed by atoms with E-state index >= 15 is 0 Å². The first-order valence-corrected chi connectivity index (χ1v) is 7.78. The second-order valence-corrected chi connectivity index (χ2v) is 6.15. The van der Waals surface area contributed by atoms with Gasteiger partial charge in [0.2, 0.25) is 0 Å². The van der Waals surface area contributed by atoms with Crippen LogP contribution in [0.5, 0.6) is 0 Å². The van der Waals surface area contributed by atoms with Crippen LogP contribution < -0.4 is 0 Å². The Morgan fingerprint density at radius 1 is 0.952 bits per heavy atom. The van der Waals surface area contributed by atoms with Gasteiger partial charge in [0.05, 0.1) is 18.8 Å². The van der Waals surface area contributed by atoms with Gasteiger partial charge in [-0.3, -0.25) is 0 Å². The lowest BCUT2D eigenvalue weighted by molar-refractivity contribution is 0.00578. The van der Waals surface area contributed by atoms with Crippen LogP contribution in [0.15, 0.2) is 48.5 Å². The van der Waals surface area contributed by atoms with E-state index in [-0.39, 0.29) is 18.1 Å². The second kappa shape index (κ2) is 5.28. The van der Waals surface area contributed by atoms with Gasteiger partial charge in [0.1, 0.15) is 0 Å². The number of aliphatic hydroxyl groups is 1. The molecule has 4 rings (SSSR count). The first-order valence-electron chi connectivity index (χ1n) is 7.78. The van der Waals surface area contributed by atoms with Crippen LogP contribution in [0.2, 0.25) is 0 Å². The van der Waals surface area contributed by atoms with E-state index in [0.717, 1.165) is 31.4 Å². The Morgan fingerprint density at radius 3 is 2.48 bits per heavy atom. The van der Waals surface area contributed by atoms with E-state index in [1.54, 1.807) is 0 Å². The van der Waals surface area contributed by atoms with E-state index < -0.39 is 0 Å². The lowest BCUT2D eigenvalue weighted by Gasteiger charge is -2.29. The highest BCUT2D eigenvalue weighted by Gasteiger charge is 2.34. The molecule has 2 heteroatoms. The average molecular weight is 280 g/mol. The van der Waals surface area contributed by atoms with E-state index in [1.807, 2.05) is 6.07 Å². The molecule has 0 spiro atoms. The molecule has 3 unspecified atom stereocenters. The molecule has 108 valence electrons. The Morgan fingerprint density at radius 2 is 1.67 bits per heavy atom. The second-order valence-electron chi connectivity index (χ2n) is 6.15. The number of rotatable bonds is 2. The van der Waals surface area contributed by atoms with E-state index in [0.29, 0.717) is 0 Å². The summed E-state index contributed by atoms with van der Waals surface area (Å²) in [6.07, 6.45) is 2.63. The highest BCUT2D eigenvalue weighted by Crippen LogP contribution is 2.42. The highest BCUT2D eigenvalue weighted by molar-refractivity contribution is 5.35. The summed E-state index contributed by atoms with van der Waals surface area (Å²) in [6.45, 7) is 0.789. The highest BCUT2D eigenvalue weighted by atomic mass is 16.5. The molecular weight excluding hydrogens is 260 g/mol. The minimum absolute atomic E-state index is 0.129. The van der Waals surface area contributed by atoms with Gasteiger partial charge in [0.25, 0.3) is 0 Å². The Hall–Kier alpha value is -1.64. The normalized spacial score (nSPS) is 27.2. The van der Waals surface area contributed by atoms with Gasteiger partial charge in [-0.25, -0.2) is 0 Å². The van der Waals surface area contributed by atoms with Crippen LogP contribution in [-0.2, 0) is 17.6 Å². The minimum atomic E-state index is -0.348. The molecule has 0 saturated carbocycles. The van der Waals surface area contributed by atoms with Gasteiger partial charge in [-0.15, -0.1) is 0 Å². The van der Waals surface area contributed by atoms with Gasteiger partial charge in [0, 0.05) is 0 Å². The molecule has 0 amide bonds. The van der Waals surface area contributed by atoms with Gasteiger partial charge < -0.3 is 9.84 Å². The summed E-state index contributed by atoms with van der Waals surface area (Å²) < 4.78 is 6.00. The monoisotopic (exact) mass is 280 g/mol. The number of hydrogen-bond donors (Lipinski definition) is 1. The van der Waals surface area contributed by atoms with Crippen LogP contribution >= 0.6 is 0 Å². The van der Waals surface area contributed by atoms with E-state index in [2.05, 4.69) is 42.5 Å². The van der Waals surface area contributed by atoms with E-state index in [1.165, 1.54) is 16.7 Å². The molecule has 0 saturated heterocycles. The van der Waals surface area contributed by atoms with Crippen molar-refractivity contribution in [2.75, 3.05) is 6.61 Å². The molecular formula is C19H20O2. The third-order valence-electron chi connectivity index (χ3n) is 4.91. The number of ether oxygens (including phenoxy) is 1. The summed E-state index contributed by atoms with van der Waals surface area (Å²) in [6, 6.07) is 16.8. The molecule has 2 aliphatic rings. The molecule has 1 N–H and O–H groups in total. The largest absolute Gasteiger partial charge is 0.388 e. The fourth-order valence-electron chi connectivity index (χ4n) is 3.82. The van der Waals surface area contributed by atoms with Crippen LogP contribution in [-0.4, -0.2) is 11.7 Å². The summed E-state index contributed by atoms with van der Waals surface area (Å²) in [5.74, 6) is 0.263. The third-order valence-corrected chi connectivity index (χ3v) is 4.91. The van der Waals surface area contributed by atoms with Crippen molar-refractivity contribution in [1.29, 1.82) is 0 Å². The van der Waals surface area contributed by atoms with Gasteiger partial charge in [0.15, 0.2) is 0 Å². The van der Waals surface area contributed by atoms with Crippen LogP contribution in [0.25, 0.3) is 0 Å². The Balaban J connectivity index is 1.56. The molecule has 1 aliphatic heterocycles. The number of aliphatic hydroxyl groups excluding tert-OH is 1. The first kappa shape index (κ1) is 13.1. The fraction of sp³-hybridized carbons (Fsp3) is 0.368. The molecule has 0 bridgehead atoms. The van der Waals surface area contributed by atoms with E-state index in [9.17, 15) is 5.11 Å². The van der Waals surface area contributed by atoms with Crippen LogP contribution in [0, 0.1) is 5.92 Å². The maximum atomic E-state index is 10.6. The smallest absolute Gasteiger partial charge is 0.0831 e. The number of fused-ring (bicyclic) bond motifs is 2. The van der Waals surface area contributed by atoms with Crippen LogP contribution in [0.1, 0.15) is 40.9 Å². The van der Waals surface area contributed by atoms with Crippen molar-refractivity contribution in [1.82, 2.24) is 0 Å². The maximum absolute atomic E-state index is 10.6. The summed E-state index contributed by atoms with van der Waals surface area (Å²) in [7, 11) is 0. The lowest BCUT2D eigenvalue weighted by Crippen LogP contribution is -2.20. The van der Waals surface area contributed by atoms with E-state index in [4.69, 9.17) is 4.74 Å². The minimum Gasteiger partial charge on any atom is -0.388 e. The Kier molecular flexibility index (Phi) is 3.28. The van der Waals surface area contributed by atoms with Crippen molar-refractivity contribution in [3.63, 3.8) is 0 Å². The zero-order valence-electron chi connectivity index (χ0n) is 12.0. The van der Waals surface area contributed by atoms with Crippen molar-refractivity contribution in [2.24, 2.45) is 5.92 Å². The molecule has 2 aromatic rings. The van der Waals surface area contributed by atoms with Crippen molar-refractivity contribution in [2.45, 2.75) is 31.5 Å². The number of benzene rings is 2. The SMILES string of the molecule is OC1c2ccccc2CC1CC1OCCc2ccccc21. The van der Waals surface area contributed by atoms with Crippen LogP contribution in [0.3, 0.4) is 0 Å². The van der Waals surface area contributed by atoms with Crippen molar-refractivity contribution < 1.29 is 9.84 Å². The molecule has 3 atom stereocenters. The molecule has 21 heavy (non-hydrogen) atoms. The Labute approximate surface area is 125 Å². The molecule has 1 aliphatic carbocycles. The predicted octanol–water partition coefficient (Wildman–Crippen LogP) is 3.60. The van der Waals surface area contributed by atoms with Crippen molar-refractivity contribution in [3.8, 4) is 0 Å². The lowest BCUT2D eigenvalue weighted by atomic mass is 9.89. The van der Waals surface area contributed by atoms with Crippen molar-refractivity contribution in [3.05, 3.63) is 70.8 Å². The number of hydrogen-bond acceptors (Lipinski definition) is 2. The summed E-state index contributed by atoms with van der Waals surface area (Å²) in [5, 5.41) is 10.6. The zero-order valence-corrected chi connectivity index (χ0v) is 12.0. The zero-order chi connectivity index (χ0) is 14.2. The molecule has 0 fully saturated rings. The molecule has 0 radical (unpaired) electrons. The molecule has 2 aromatic carbocycles. The molecule has 0 aromatic heterocycles. The van der Waals surface area contributed by atoms with Gasteiger partial charge >= 0.3 is 0 Å². The molecule has 1 heterocycles. The first-order chi connectivity index (χ1) is 10.3. The third kappa shape index (κ3) is 2.29. The standard InChI is InChI=1S/C19H20O2/c20-19-15(11-14-6-2-4-8-17(14)19)12-18-16-7-3-1-5-13(16)9-10-21-18/h1-8,15,18-20H,9-12H2.